The zero-order valence-electron chi connectivity index (χ0n) is 24.1. The molecule has 3 atom stereocenters. The first-order valence-electron chi connectivity index (χ1n) is 13.3. The van der Waals surface area contributed by atoms with E-state index in [1.54, 1.807) is 52.4 Å². The van der Waals surface area contributed by atoms with Gasteiger partial charge in [0.15, 0.2) is 11.5 Å². The maximum atomic E-state index is 14.1. The minimum atomic E-state index is -3.69. The minimum absolute atomic E-state index is 0.270. The Kier molecular flexibility index (Phi) is 12.3. The van der Waals surface area contributed by atoms with Crippen molar-refractivity contribution in [2.45, 2.75) is 104 Å². The lowest BCUT2D eigenvalue weighted by Crippen LogP contribution is -2.50. The molecule has 0 aliphatic carbocycles. The van der Waals surface area contributed by atoms with Gasteiger partial charge in [0.25, 0.3) is 0 Å². The van der Waals surface area contributed by atoms with Crippen LogP contribution in [-0.2, 0) is 34.9 Å². The summed E-state index contributed by atoms with van der Waals surface area (Å²) in [6.45, 7) is 12.7. The summed E-state index contributed by atoms with van der Waals surface area (Å²) in [6, 6.07) is -0.928. The lowest BCUT2D eigenvalue weighted by Gasteiger charge is -2.32. The van der Waals surface area contributed by atoms with Crippen molar-refractivity contribution in [1.29, 1.82) is 0 Å². The molecule has 0 aromatic carbocycles. The van der Waals surface area contributed by atoms with Crippen LogP contribution in [0.4, 0.5) is 5.82 Å². The van der Waals surface area contributed by atoms with Gasteiger partial charge in [-0.1, -0.05) is 26.2 Å². The molecule has 0 aliphatic heterocycles. The number of hydrogen-bond donors (Lipinski definition) is 3. The summed E-state index contributed by atoms with van der Waals surface area (Å²) in [4.78, 5) is 37.7. The Labute approximate surface area is 230 Å². The first-order valence-corrected chi connectivity index (χ1v) is 15.2. The minimum Gasteiger partial charge on any atom is -0.464 e. The van der Waals surface area contributed by atoms with Gasteiger partial charge < -0.3 is 24.5 Å². The smallest absolute Gasteiger partial charge is 0.326 e. The number of aromatic nitrogens is 4. The molecule has 0 radical (unpaired) electrons. The molecular weight excluding hydrogens is 525 g/mol. The van der Waals surface area contributed by atoms with Crippen molar-refractivity contribution in [3.05, 3.63) is 12.7 Å². The van der Waals surface area contributed by atoms with Gasteiger partial charge >= 0.3 is 11.9 Å². The van der Waals surface area contributed by atoms with E-state index in [2.05, 4.69) is 32.1 Å². The zero-order chi connectivity index (χ0) is 29.2. The lowest BCUT2D eigenvalue weighted by molar-refractivity contribution is -0.149. The molecule has 13 nitrogen and oxygen atoms in total. The molecule has 39 heavy (non-hydrogen) atoms. The molecule has 0 saturated heterocycles. The Balaban J connectivity index is 2.12. The van der Waals surface area contributed by atoms with E-state index < -0.39 is 37.1 Å². The van der Waals surface area contributed by atoms with Crippen LogP contribution in [0.2, 0.25) is 0 Å². The van der Waals surface area contributed by atoms with Crippen molar-refractivity contribution < 1.29 is 28.4 Å². The molecule has 0 spiro atoms. The molecule has 0 unspecified atom stereocenters. The molecule has 0 bridgehead atoms. The Morgan fingerprint density at radius 1 is 1.13 bits per heavy atom. The van der Waals surface area contributed by atoms with E-state index in [0.29, 0.717) is 17.7 Å². The summed E-state index contributed by atoms with van der Waals surface area (Å²) in [5, 5.41) is 5.72. The Hall–Kier alpha value is -2.60. The molecule has 220 valence electrons. The fourth-order valence-electron chi connectivity index (χ4n) is 3.77. The number of hydrogen-bond acceptors (Lipinski definition) is 10. The number of unbranched alkanes of at least 4 members (excludes halogenated alkanes) is 3. The van der Waals surface area contributed by atoms with E-state index in [1.807, 2.05) is 0 Å². The average Bonchev–Trinajstić information content (AvgIpc) is 3.25. The van der Waals surface area contributed by atoms with Gasteiger partial charge in [0.05, 0.1) is 31.7 Å². The fourth-order valence-corrected chi connectivity index (χ4v) is 6.16. The van der Waals surface area contributed by atoms with Gasteiger partial charge in [0.1, 0.15) is 29.8 Å². The molecule has 4 N–H and O–H groups in total. The van der Waals surface area contributed by atoms with Gasteiger partial charge in [-0.05, 0) is 48.0 Å². The highest BCUT2D eigenvalue weighted by Crippen LogP contribution is 2.40. The number of carbonyl (C=O) groups is 2. The predicted molar refractivity (Wildman–Crippen MR) is 149 cm³/mol. The normalized spacial score (nSPS) is 15.2. The quantitative estimate of drug-likeness (QED) is 0.144. The third-order valence-corrected chi connectivity index (χ3v) is 7.97. The second-order valence-electron chi connectivity index (χ2n) is 10.4. The van der Waals surface area contributed by atoms with Crippen molar-refractivity contribution in [2.75, 3.05) is 18.7 Å². The maximum absolute atomic E-state index is 14.1. The number of ether oxygens (including phenoxy) is 3. The topological polar surface area (TPSA) is 173 Å². The maximum Gasteiger partial charge on any atom is 0.326 e. The predicted octanol–water partition coefficient (Wildman–Crippen LogP) is 3.39. The lowest BCUT2D eigenvalue weighted by atomic mass is 10.1. The number of rotatable bonds is 17. The Bertz CT molecular complexity index is 1140. The summed E-state index contributed by atoms with van der Waals surface area (Å²) < 4.78 is 32.5. The standard InChI is InChI=1S/C25H44N7O6P/c1-8-9-10-11-12-36-24(34)25(6,7)31-39(35,30-19(5)23(33)38-17(2)3)16-37-18(4)13-32-15-29-20-21(26)27-14-28-22(20)32/h14-15,17-19H,8-13,16H2,1-7H3,(H2,26,27,28)(H2,30,31,35)/t18-,19-,39+/m1/s1. The van der Waals surface area contributed by atoms with Crippen LogP contribution < -0.4 is 15.9 Å². The molecule has 2 aromatic heterocycles. The second kappa shape index (κ2) is 14.7. The number of esters is 2. The van der Waals surface area contributed by atoms with E-state index >= 15 is 0 Å². The molecule has 14 heteroatoms. The third-order valence-electron chi connectivity index (χ3n) is 5.73. The number of nitrogens with two attached hydrogens (primary N) is 1. The van der Waals surface area contributed by atoms with E-state index in [0.717, 1.165) is 25.7 Å². The van der Waals surface area contributed by atoms with Crippen molar-refractivity contribution in [1.82, 2.24) is 29.7 Å². The highest BCUT2D eigenvalue weighted by Gasteiger charge is 2.39. The highest BCUT2D eigenvalue weighted by molar-refractivity contribution is 7.59. The van der Waals surface area contributed by atoms with Crippen LogP contribution in [0.5, 0.6) is 0 Å². The van der Waals surface area contributed by atoms with E-state index in [4.69, 9.17) is 19.9 Å². The van der Waals surface area contributed by atoms with Crippen molar-refractivity contribution >= 4 is 36.4 Å². The number of fused-ring (bicyclic) bond motifs is 1. The summed E-state index contributed by atoms with van der Waals surface area (Å²) >= 11 is 0. The summed E-state index contributed by atoms with van der Waals surface area (Å²) in [6.07, 6.45) is 5.69. The monoisotopic (exact) mass is 569 g/mol. The highest BCUT2D eigenvalue weighted by atomic mass is 31.2. The number of nitrogens with zero attached hydrogens (tertiary/aromatic N) is 4. The fraction of sp³-hybridized carbons (Fsp3) is 0.720. The summed E-state index contributed by atoms with van der Waals surface area (Å²) in [7, 11) is -3.69. The van der Waals surface area contributed by atoms with E-state index in [-0.39, 0.29) is 24.9 Å². The first kappa shape index (κ1) is 32.6. The van der Waals surface area contributed by atoms with Crippen LogP contribution in [0.15, 0.2) is 12.7 Å². The summed E-state index contributed by atoms with van der Waals surface area (Å²) in [5.41, 5.74) is 5.57. The third kappa shape index (κ3) is 10.1. The number of nitrogen functional groups attached to an aromatic ring is 1. The van der Waals surface area contributed by atoms with Gasteiger partial charge in [-0.15, -0.1) is 0 Å². The van der Waals surface area contributed by atoms with Crippen molar-refractivity contribution in [3.8, 4) is 0 Å². The van der Waals surface area contributed by atoms with Gasteiger partial charge in [0, 0.05) is 0 Å². The van der Waals surface area contributed by atoms with Crippen LogP contribution in [0.3, 0.4) is 0 Å². The van der Waals surface area contributed by atoms with E-state index in [1.165, 1.54) is 6.33 Å². The number of anilines is 1. The van der Waals surface area contributed by atoms with Crippen LogP contribution in [0.1, 0.15) is 74.1 Å². The molecule has 0 aliphatic rings. The Morgan fingerprint density at radius 2 is 1.85 bits per heavy atom. The largest absolute Gasteiger partial charge is 0.464 e. The number of nitrogens with one attached hydrogen (secondary N) is 2. The molecule has 0 amide bonds. The van der Waals surface area contributed by atoms with Crippen LogP contribution in [-0.4, -0.2) is 68.2 Å². The number of imidazole rings is 1. The summed E-state index contributed by atoms with van der Waals surface area (Å²) in [5.74, 6) is -0.848. The molecule has 2 aromatic rings. The van der Waals surface area contributed by atoms with Gasteiger partial charge in [-0.3, -0.25) is 14.2 Å². The molecular formula is C25H44N7O6P. The molecule has 2 rings (SSSR count). The van der Waals surface area contributed by atoms with Gasteiger partial charge in [0.2, 0.25) is 7.44 Å². The molecule has 2 heterocycles. The van der Waals surface area contributed by atoms with Gasteiger partial charge in [-0.25, -0.2) is 25.1 Å². The van der Waals surface area contributed by atoms with Crippen molar-refractivity contribution in [3.63, 3.8) is 0 Å². The second-order valence-corrected chi connectivity index (χ2v) is 12.7. The van der Waals surface area contributed by atoms with E-state index in [9.17, 15) is 14.2 Å². The zero-order valence-corrected chi connectivity index (χ0v) is 25.0. The average molecular weight is 570 g/mol. The molecule has 0 saturated carbocycles. The van der Waals surface area contributed by atoms with Crippen LogP contribution in [0.25, 0.3) is 11.2 Å². The van der Waals surface area contributed by atoms with Crippen LogP contribution >= 0.6 is 7.44 Å². The Morgan fingerprint density at radius 3 is 2.51 bits per heavy atom. The number of carbonyl (C=O) groups excluding carboxylic acids is 2. The molecule has 0 fully saturated rings. The first-order chi connectivity index (χ1) is 18.3. The SMILES string of the molecule is CCCCCCOC(=O)C(C)(C)N[P@](=O)(CO[C@H](C)Cn1cnc2c(N)ncnc21)N[C@H](C)C(=O)OC(C)C. The van der Waals surface area contributed by atoms with Crippen molar-refractivity contribution in [2.24, 2.45) is 0 Å². The van der Waals surface area contributed by atoms with Crippen LogP contribution in [0, 0.1) is 0 Å². The van der Waals surface area contributed by atoms with Gasteiger partial charge in [-0.2, -0.15) is 0 Å².